The standard InChI is InChI=1S/C29H27ClN2O6/c30-19-11-4-5-12-20(19)31-15-8-14-29-24(23-22(38-29)13-6-7-16-37-28(23)36)26(34)32(25(29)27(31)35)21(17-33)18-9-2-1-3-10-18/h1-6,8-14,21-25,33H,7,15-17H2/t21-,22+,23-,24+,25?,29+/m1/s1. The van der Waals surface area contributed by atoms with Crippen molar-refractivity contribution in [1.82, 2.24) is 4.90 Å². The third-order valence-corrected chi connectivity index (χ3v) is 8.21. The zero-order chi connectivity index (χ0) is 26.4. The molecule has 38 heavy (non-hydrogen) atoms. The Morgan fingerprint density at radius 2 is 1.79 bits per heavy atom. The zero-order valence-electron chi connectivity index (χ0n) is 20.5. The number of esters is 1. The van der Waals surface area contributed by atoms with E-state index in [9.17, 15) is 19.5 Å². The summed E-state index contributed by atoms with van der Waals surface area (Å²) in [6.45, 7) is -0.0157. The minimum atomic E-state index is -1.44. The van der Waals surface area contributed by atoms with Crippen LogP contribution in [0.4, 0.5) is 5.69 Å². The van der Waals surface area contributed by atoms with Gasteiger partial charge in [0.2, 0.25) is 5.91 Å². The Morgan fingerprint density at radius 1 is 1.03 bits per heavy atom. The number of anilines is 1. The highest BCUT2D eigenvalue weighted by Gasteiger charge is 2.72. The Morgan fingerprint density at radius 3 is 2.55 bits per heavy atom. The molecule has 196 valence electrons. The number of benzene rings is 2. The van der Waals surface area contributed by atoms with Crippen LogP contribution in [0, 0.1) is 11.8 Å². The van der Waals surface area contributed by atoms with Crippen molar-refractivity contribution in [3.63, 3.8) is 0 Å². The molecular formula is C29H27ClN2O6. The zero-order valence-corrected chi connectivity index (χ0v) is 21.2. The van der Waals surface area contributed by atoms with Crippen molar-refractivity contribution in [3.05, 3.63) is 89.5 Å². The van der Waals surface area contributed by atoms with Crippen LogP contribution in [0.15, 0.2) is 78.9 Å². The molecule has 8 nitrogen and oxygen atoms in total. The minimum Gasteiger partial charge on any atom is -0.465 e. The second kappa shape index (κ2) is 9.69. The van der Waals surface area contributed by atoms with Gasteiger partial charge in [0.1, 0.15) is 17.6 Å². The maximum absolute atomic E-state index is 14.5. The molecule has 2 amide bonds. The van der Waals surface area contributed by atoms with Crippen LogP contribution >= 0.6 is 11.6 Å². The number of fused-ring (bicyclic) bond motifs is 2. The molecule has 4 aliphatic rings. The fourth-order valence-corrected chi connectivity index (χ4v) is 6.54. The van der Waals surface area contributed by atoms with E-state index in [0.29, 0.717) is 22.7 Å². The van der Waals surface area contributed by atoms with Gasteiger partial charge in [0.25, 0.3) is 5.91 Å². The Bertz CT molecular complexity index is 1330. The molecule has 4 heterocycles. The summed E-state index contributed by atoms with van der Waals surface area (Å²) >= 11 is 6.49. The van der Waals surface area contributed by atoms with Crippen LogP contribution in [0.5, 0.6) is 0 Å². The quantitative estimate of drug-likeness (QED) is 0.478. The number of aliphatic hydroxyl groups excluding tert-OH is 1. The van der Waals surface area contributed by atoms with Gasteiger partial charge >= 0.3 is 5.97 Å². The van der Waals surface area contributed by atoms with E-state index in [1.165, 1.54) is 9.80 Å². The first-order valence-electron chi connectivity index (χ1n) is 12.7. The Hall–Kier alpha value is -3.46. The van der Waals surface area contributed by atoms with Crippen LogP contribution in [0.3, 0.4) is 0 Å². The predicted octanol–water partition coefficient (Wildman–Crippen LogP) is 3.06. The number of hydrogen-bond donors (Lipinski definition) is 1. The van der Waals surface area contributed by atoms with Gasteiger partial charge in [0.15, 0.2) is 0 Å². The highest BCUT2D eigenvalue weighted by molar-refractivity contribution is 6.34. The molecule has 2 aromatic carbocycles. The lowest BCUT2D eigenvalue weighted by molar-refractivity contribution is -0.155. The number of rotatable bonds is 4. The van der Waals surface area contributed by atoms with Gasteiger partial charge in [-0.1, -0.05) is 78.4 Å². The molecule has 4 aliphatic heterocycles. The maximum Gasteiger partial charge on any atom is 0.312 e. The monoisotopic (exact) mass is 534 g/mol. The second-order valence-corrected chi connectivity index (χ2v) is 10.3. The number of aliphatic hydroxyl groups is 1. The molecule has 1 spiro atoms. The lowest BCUT2D eigenvalue weighted by Gasteiger charge is -2.38. The molecule has 0 bridgehead atoms. The summed E-state index contributed by atoms with van der Waals surface area (Å²) in [7, 11) is 0. The molecular weight excluding hydrogens is 508 g/mol. The number of likely N-dealkylation sites (tertiary alicyclic amines) is 1. The molecule has 1 unspecified atom stereocenters. The van der Waals surface area contributed by atoms with Crippen LogP contribution in [0.25, 0.3) is 0 Å². The largest absolute Gasteiger partial charge is 0.465 e. The number of carbonyl (C=O) groups excluding carboxylic acids is 3. The van der Waals surface area contributed by atoms with Crippen LogP contribution in [0.2, 0.25) is 5.02 Å². The SMILES string of the molecule is O=C1OCCC=C[C@@H]2O[C@]34C=CCN(c5ccccc5Cl)C(=O)C3N([C@H](CO)c3ccccc3)C(=O)[C@@H]4[C@H]12. The van der Waals surface area contributed by atoms with E-state index in [4.69, 9.17) is 21.1 Å². The number of nitrogens with zero attached hydrogens (tertiary/aromatic N) is 2. The van der Waals surface area contributed by atoms with Crippen molar-refractivity contribution in [2.45, 2.75) is 30.2 Å². The van der Waals surface area contributed by atoms with Gasteiger partial charge in [-0.2, -0.15) is 0 Å². The third-order valence-electron chi connectivity index (χ3n) is 7.89. The van der Waals surface area contributed by atoms with Crippen LogP contribution < -0.4 is 4.90 Å². The van der Waals surface area contributed by atoms with Gasteiger partial charge in [-0.3, -0.25) is 14.4 Å². The summed E-state index contributed by atoms with van der Waals surface area (Å²) in [5, 5.41) is 10.9. The van der Waals surface area contributed by atoms with E-state index < -0.39 is 60.0 Å². The molecule has 0 saturated carbocycles. The normalized spacial score (nSPS) is 31.2. The molecule has 6 atom stereocenters. The first-order chi connectivity index (χ1) is 18.5. The molecule has 2 aromatic rings. The Balaban J connectivity index is 1.53. The first kappa shape index (κ1) is 24.9. The van der Waals surface area contributed by atoms with Crippen molar-refractivity contribution in [2.75, 3.05) is 24.7 Å². The summed E-state index contributed by atoms with van der Waals surface area (Å²) < 4.78 is 12.1. The van der Waals surface area contributed by atoms with Crippen molar-refractivity contribution in [3.8, 4) is 0 Å². The second-order valence-electron chi connectivity index (χ2n) is 9.88. The van der Waals surface area contributed by atoms with Gasteiger partial charge in [0.05, 0.1) is 42.0 Å². The van der Waals surface area contributed by atoms with E-state index in [2.05, 4.69) is 0 Å². The Kier molecular flexibility index (Phi) is 6.34. The number of hydrogen-bond acceptors (Lipinski definition) is 6. The fraction of sp³-hybridized carbons (Fsp3) is 0.345. The van der Waals surface area contributed by atoms with Crippen molar-refractivity contribution in [2.24, 2.45) is 11.8 Å². The molecule has 6 rings (SSSR count). The van der Waals surface area contributed by atoms with E-state index in [0.717, 1.165) is 0 Å². The smallest absolute Gasteiger partial charge is 0.312 e. The van der Waals surface area contributed by atoms with Gasteiger partial charge in [0, 0.05) is 6.54 Å². The maximum atomic E-state index is 14.5. The molecule has 0 radical (unpaired) electrons. The minimum absolute atomic E-state index is 0.198. The topological polar surface area (TPSA) is 96.4 Å². The summed E-state index contributed by atoms with van der Waals surface area (Å²) in [4.78, 5) is 45.0. The number of cyclic esters (lactones) is 1. The number of amides is 2. The van der Waals surface area contributed by atoms with Crippen molar-refractivity contribution in [1.29, 1.82) is 0 Å². The van der Waals surface area contributed by atoms with Crippen LogP contribution in [-0.2, 0) is 23.9 Å². The van der Waals surface area contributed by atoms with Crippen molar-refractivity contribution < 1.29 is 29.0 Å². The summed E-state index contributed by atoms with van der Waals surface area (Å²) in [6.07, 6.45) is 7.01. The summed E-state index contributed by atoms with van der Waals surface area (Å²) in [5.41, 5.74) is -0.268. The number of carbonyl (C=O) groups is 3. The van der Waals surface area contributed by atoms with Crippen LogP contribution in [0.1, 0.15) is 18.0 Å². The lowest BCUT2D eigenvalue weighted by atomic mass is 9.77. The van der Waals surface area contributed by atoms with Gasteiger partial charge < -0.3 is 24.4 Å². The fourth-order valence-electron chi connectivity index (χ4n) is 6.30. The highest BCUT2D eigenvalue weighted by Crippen LogP contribution is 2.55. The van der Waals surface area contributed by atoms with Gasteiger partial charge in [-0.25, -0.2) is 0 Å². The van der Waals surface area contributed by atoms with E-state index in [-0.39, 0.29) is 13.2 Å². The van der Waals surface area contributed by atoms with Gasteiger partial charge in [-0.15, -0.1) is 0 Å². The number of ether oxygens (including phenoxy) is 2. The predicted molar refractivity (Wildman–Crippen MR) is 139 cm³/mol. The first-order valence-corrected chi connectivity index (χ1v) is 13.1. The third kappa shape index (κ3) is 3.70. The highest BCUT2D eigenvalue weighted by atomic mass is 35.5. The number of halogens is 1. The lowest BCUT2D eigenvalue weighted by Crippen LogP contribution is -2.56. The Labute approximate surface area is 225 Å². The molecule has 2 fully saturated rings. The van der Waals surface area contributed by atoms with E-state index in [1.54, 1.807) is 54.6 Å². The molecule has 0 aromatic heterocycles. The number of para-hydroxylation sites is 1. The molecule has 2 saturated heterocycles. The van der Waals surface area contributed by atoms with Gasteiger partial charge in [-0.05, 0) is 24.1 Å². The van der Waals surface area contributed by atoms with Crippen LogP contribution in [-0.4, -0.2) is 65.3 Å². The molecule has 0 aliphatic carbocycles. The average molecular weight is 535 g/mol. The summed E-state index contributed by atoms with van der Waals surface area (Å²) in [6, 6.07) is 14.1. The molecule has 9 heteroatoms. The van der Waals surface area contributed by atoms with E-state index in [1.807, 2.05) is 24.3 Å². The van der Waals surface area contributed by atoms with E-state index >= 15 is 0 Å². The van der Waals surface area contributed by atoms with Crippen molar-refractivity contribution >= 4 is 35.1 Å². The molecule has 1 N–H and O–H groups in total. The summed E-state index contributed by atoms with van der Waals surface area (Å²) in [5.74, 6) is -3.29. The average Bonchev–Trinajstić information content (AvgIpc) is 3.30.